The van der Waals surface area contributed by atoms with Crippen molar-refractivity contribution in [3.8, 4) is 0 Å². The van der Waals surface area contributed by atoms with Gasteiger partial charge in [-0.2, -0.15) is 0 Å². The summed E-state index contributed by atoms with van der Waals surface area (Å²) in [6.07, 6.45) is 1.87. The zero-order valence-corrected chi connectivity index (χ0v) is 18.7. The Labute approximate surface area is 196 Å². The summed E-state index contributed by atoms with van der Waals surface area (Å²) in [6.45, 7) is 3.74. The molecule has 1 amide bonds. The van der Waals surface area contributed by atoms with Gasteiger partial charge in [-0.25, -0.2) is 9.97 Å². The summed E-state index contributed by atoms with van der Waals surface area (Å²) in [4.78, 5) is 24.9. The number of nitrogens with zero attached hydrogens (tertiary/aromatic N) is 3. The largest absolute Gasteiger partial charge is 0.464 e. The van der Waals surface area contributed by atoms with Crippen molar-refractivity contribution in [3.63, 3.8) is 0 Å². The van der Waals surface area contributed by atoms with Crippen LogP contribution in [0.5, 0.6) is 0 Å². The van der Waals surface area contributed by atoms with E-state index in [1.165, 1.54) is 0 Å². The molecule has 0 unspecified atom stereocenters. The summed E-state index contributed by atoms with van der Waals surface area (Å²) in [7, 11) is 0. The molecule has 1 aliphatic heterocycles. The van der Waals surface area contributed by atoms with Crippen LogP contribution < -0.4 is 5.32 Å². The molecule has 7 heteroatoms. The highest BCUT2D eigenvalue weighted by atomic mass is 16.5. The topological polar surface area (TPSA) is 80.5 Å². The Balaban J connectivity index is 1.30. The standard InChI is InChI=1S/C27H24N4O3/c32-25(15-19-17-34-23-10-9-18-5-1-2-6-20(18)26(19)23)30-27-21-7-3-4-8-22(21)28-24(29-27)16-31-11-13-33-14-12-31/h1-10,17H,11-16H2,(H,28,29,30,32). The molecule has 0 aliphatic carbocycles. The number of carbonyl (C=O) groups is 1. The lowest BCUT2D eigenvalue weighted by atomic mass is 10.0. The van der Waals surface area contributed by atoms with Crippen LogP contribution in [0.4, 0.5) is 5.82 Å². The molecule has 0 atom stereocenters. The van der Waals surface area contributed by atoms with Crippen molar-refractivity contribution in [3.05, 3.63) is 78.3 Å². The molecule has 0 spiro atoms. The molecule has 1 aliphatic rings. The van der Waals surface area contributed by atoms with Gasteiger partial charge in [0.25, 0.3) is 0 Å². The fraction of sp³-hybridized carbons (Fsp3) is 0.222. The number of furan rings is 1. The molecule has 5 aromatic rings. The number of hydrogen-bond acceptors (Lipinski definition) is 6. The summed E-state index contributed by atoms with van der Waals surface area (Å²) in [5.74, 6) is 1.09. The molecule has 170 valence electrons. The molecule has 3 heterocycles. The highest BCUT2D eigenvalue weighted by molar-refractivity contribution is 6.09. The number of morpholine rings is 1. The molecule has 0 saturated carbocycles. The molecule has 0 radical (unpaired) electrons. The van der Waals surface area contributed by atoms with Crippen LogP contribution in [0.15, 0.2) is 71.3 Å². The van der Waals surface area contributed by atoms with Crippen LogP contribution >= 0.6 is 0 Å². The smallest absolute Gasteiger partial charge is 0.230 e. The Bertz CT molecular complexity index is 1500. The number of fused-ring (bicyclic) bond motifs is 4. The summed E-state index contributed by atoms with van der Waals surface area (Å²) in [5.41, 5.74) is 2.45. The predicted octanol–water partition coefficient (Wildman–Crippen LogP) is 4.54. The Morgan fingerprint density at radius 2 is 1.74 bits per heavy atom. The van der Waals surface area contributed by atoms with E-state index in [1.54, 1.807) is 6.26 Å². The molecular formula is C27H24N4O3. The fourth-order valence-electron chi connectivity index (χ4n) is 4.60. The number of rotatable bonds is 5. The van der Waals surface area contributed by atoms with Gasteiger partial charge in [-0.1, -0.05) is 42.5 Å². The van der Waals surface area contributed by atoms with E-state index in [2.05, 4.69) is 22.3 Å². The maximum Gasteiger partial charge on any atom is 0.230 e. The van der Waals surface area contributed by atoms with Crippen molar-refractivity contribution >= 4 is 44.4 Å². The monoisotopic (exact) mass is 452 g/mol. The summed E-state index contributed by atoms with van der Waals surface area (Å²) in [6, 6.07) is 19.9. The minimum atomic E-state index is -0.142. The Hall–Kier alpha value is -3.81. The van der Waals surface area contributed by atoms with Crippen LogP contribution in [-0.2, 0) is 22.5 Å². The molecule has 7 nitrogen and oxygen atoms in total. The van der Waals surface area contributed by atoms with Gasteiger partial charge < -0.3 is 14.5 Å². The average molecular weight is 453 g/mol. The number of para-hydroxylation sites is 1. The zero-order valence-electron chi connectivity index (χ0n) is 18.7. The molecule has 1 saturated heterocycles. The van der Waals surface area contributed by atoms with Crippen LogP contribution in [0, 0.1) is 0 Å². The summed E-state index contributed by atoms with van der Waals surface area (Å²) < 4.78 is 11.2. The van der Waals surface area contributed by atoms with E-state index >= 15 is 0 Å². The van der Waals surface area contributed by atoms with Gasteiger partial charge in [-0.3, -0.25) is 9.69 Å². The van der Waals surface area contributed by atoms with Crippen molar-refractivity contribution in [2.24, 2.45) is 0 Å². The van der Waals surface area contributed by atoms with Gasteiger partial charge in [-0.05, 0) is 29.0 Å². The first-order chi connectivity index (χ1) is 16.7. The van der Waals surface area contributed by atoms with Crippen LogP contribution in [0.2, 0.25) is 0 Å². The first-order valence-electron chi connectivity index (χ1n) is 11.5. The molecule has 34 heavy (non-hydrogen) atoms. The van der Waals surface area contributed by atoms with Crippen LogP contribution in [-0.4, -0.2) is 47.1 Å². The van der Waals surface area contributed by atoms with Gasteiger partial charge in [0, 0.05) is 29.4 Å². The molecule has 6 rings (SSSR count). The van der Waals surface area contributed by atoms with Crippen LogP contribution in [0.25, 0.3) is 32.6 Å². The third kappa shape index (κ3) is 4.00. The van der Waals surface area contributed by atoms with Crippen molar-refractivity contribution in [2.45, 2.75) is 13.0 Å². The third-order valence-corrected chi connectivity index (χ3v) is 6.27. The molecule has 2 aromatic heterocycles. The number of anilines is 1. The van der Waals surface area contributed by atoms with Crippen LogP contribution in [0.1, 0.15) is 11.4 Å². The molecule has 0 bridgehead atoms. The second-order valence-electron chi connectivity index (χ2n) is 8.54. The summed E-state index contributed by atoms with van der Waals surface area (Å²) in [5, 5.41) is 7.04. The lowest BCUT2D eigenvalue weighted by Gasteiger charge is -2.26. The van der Waals surface area contributed by atoms with Crippen molar-refractivity contribution < 1.29 is 13.9 Å². The number of ether oxygens (including phenoxy) is 1. The van der Waals surface area contributed by atoms with E-state index in [4.69, 9.17) is 19.1 Å². The quantitative estimate of drug-likeness (QED) is 0.422. The van der Waals surface area contributed by atoms with Gasteiger partial charge in [0.1, 0.15) is 17.2 Å². The number of benzene rings is 3. The highest BCUT2D eigenvalue weighted by Crippen LogP contribution is 2.30. The maximum atomic E-state index is 13.2. The van der Waals surface area contributed by atoms with Gasteiger partial charge in [-0.15, -0.1) is 0 Å². The lowest BCUT2D eigenvalue weighted by Crippen LogP contribution is -2.36. The van der Waals surface area contributed by atoms with E-state index in [1.807, 2.05) is 48.5 Å². The SMILES string of the molecule is O=C(Cc1coc2ccc3ccccc3c12)Nc1nc(CN2CCOCC2)nc2ccccc12. The molecule has 1 N–H and O–H groups in total. The van der Waals surface area contributed by atoms with Crippen molar-refractivity contribution in [2.75, 3.05) is 31.6 Å². The van der Waals surface area contributed by atoms with E-state index in [0.29, 0.717) is 31.4 Å². The molecule has 1 fully saturated rings. The average Bonchev–Trinajstić information content (AvgIpc) is 3.28. The first kappa shape index (κ1) is 20.8. The van der Waals surface area contributed by atoms with Gasteiger partial charge in [0.2, 0.25) is 5.91 Å². The maximum absolute atomic E-state index is 13.2. The van der Waals surface area contributed by atoms with E-state index in [-0.39, 0.29) is 12.3 Å². The van der Waals surface area contributed by atoms with E-state index in [9.17, 15) is 4.79 Å². The minimum absolute atomic E-state index is 0.142. The number of hydrogen-bond donors (Lipinski definition) is 1. The summed E-state index contributed by atoms with van der Waals surface area (Å²) >= 11 is 0. The Kier molecular flexibility index (Phi) is 5.41. The van der Waals surface area contributed by atoms with Gasteiger partial charge in [0.05, 0.1) is 38.0 Å². The molecule has 3 aromatic carbocycles. The Morgan fingerprint density at radius 1 is 0.941 bits per heavy atom. The van der Waals surface area contributed by atoms with Crippen molar-refractivity contribution in [1.82, 2.24) is 14.9 Å². The Morgan fingerprint density at radius 3 is 2.62 bits per heavy atom. The highest BCUT2D eigenvalue weighted by Gasteiger charge is 2.17. The number of aromatic nitrogens is 2. The van der Waals surface area contributed by atoms with E-state index < -0.39 is 0 Å². The molecular weight excluding hydrogens is 428 g/mol. The van der Waals surface area contributed by atoms with Crippen LogP contribution in [0.3, 0.4) is 0 Å². The number of carbonyl (C=O) groups excluding carboxylic acids is 1. The number of amides is 1. The van der Waals surface area contributed by atoms with Gasteiger partial charge >= 0.3 is 0 Å². The minimum Gasteiger partial charge on any atom is -0.464 e. The van der Waals surface area contributed by atoms with E-state index in [0.717, 1.165) is 51.3 Å². The normalized spacial score (nSPS) is 14.7. The number of nitrogens with one attached hydrogen (secondary N) is 1. The lowest BCUT2D eigenvalue weighted by molar-refractivity contribution is -0.115. The van der Waals surface area contributed by atoms with Gasteiger partial charge in [0.15, 0.2) is 0 Å². The predicted molar refractivity (Wildman–Crippen MR) is 132 cm³/mol. The third-order valence-electron chi connectivity index (χ3n) is 6.27. The second kappa shape index (κ2) is 8.85. The first-order valence-corrected chi connectivity index (χ1v) is 11.5. The second-order valence-corrected chi connectivity index (χ2v) is 8.54. The fourth-order valence-corrected chi connectivity index (χ4v) is 4.60. The van der Waals surface area contributed by atoms with Crippen molar-refractivity contribution in [1.29, 1.82) is 0 Å². The zero-order chi connectivity index (χ0) is 22.9.